The Morgan fingerprint density at radius 1 is 1.12 bits per heavy atom. The predicted molar refractivity (Wildman–Crippen MR) is 74.0 cm³/mol. The molecule has 1 saturated carbocycles. The second-order valence-electron chi connectivity index (χ2n) is 6.16. The summed E-state index contributed by atoms with van der Waals surface area (Å²) in [5, 5.41) is 0. The minimum atomic E-state index is 0.676. The number of likely N-dealkylation sites (tertiary alicyclic amines) is 1. The first-order chi connectivity index (χ1) is 8.33. The molecular formula is C15H30N2. The van der Waals surface area contributed by atoms with E-state index in [1.165, 1.54) is 64.5 Å². The van der Waals surface area contributed by atoms with Crippen molar-refractivity contribution in [1.82, 2.24) is 4.90 Å². The van der Waals surface area contributed by atoms with Gasteiger partial charge in [0, 0.05) is 12.6 Å². The van der Waals surface area contributed by atoms with Crippen molar-refractivity contribution in [2.24, 2.45) is 17.6 Å². The Morgan fingerprint density at radius 3 is 2.53 bits per heavy atom. The van der Waals surface area contributed by atoms with Crippen LogP contribution in [0.2, 0.25) is 0 Å². The van der Waals surface area contributed by atoms with Crippen molar-refractivity contribution in [3.8, 4) is 0 Å². The van der Waals surface area contributed by atoms with E-state index in [2.05, 4.69) is 11.8 Å². The molecule has 0 aromatic rings. The van der Waals surface area contributed by atoms with Gasteiger partial charge in [0.05, 0.1) is 0 Å². The van der Waals surface area contributed by atoms with Gasteiger partial charge in [-0.3, -0.25) is 4.90 Å². The first-order valence-electron chi connectivity index (χ1n) is 7.77. The Labute approximate surface area is 107 Å². The summed E-state index contributed by atoms with van der Waals surface area (Å²) in [5.41, 5.74) is 5.95. The third-order valence-electron chi connectivity index (χ3n) is 5.10. The highest BCUT2D eigenvalue weighted by Crippen LogP contribution is 2.30. The van der Waals surface area contributed by atoms with Crippen LogP contribution in [0.3, 0.4) is 0 Å². The van der Waals surface area contributed by atoms with Crippen LogP contribution in [0.1, 0.15) is 58.3 Å². The minimum absolute atomic E-state index is 0.676. The Bertz CT molecular complexity index is 211. The van der Waals surface area contributed by atoms with Crippen LogP contribution in [0.15, 0.2) is 0 Å². The fraction of sp³-hybridized carbons (Fsp3) is 1.00. The largest absolute Gasteiger partial charge is 0.329 e. The third kappa shape index (κ3) is 3.69. The Kier molecular flexibility index (Phi) is 5.30. The maximum atomic E-state index is 5.95. The van der Waals surface area contributed by atoms with Crippen LogP contribution < -0.4 is 5.73 Å². The smallest absolute Gasteiger partial charge is 0.0221 e. The first kappa shape index (κ1) is 13.4. The molecule has 2 N–H and O–H groups in total. The zero-order chi connectivity index (χ0) is 12.1. The lowest BCUT2D eigenvalue weighted by Gasteiger charge is -2.39. The van der Waals surface area contributed by atoms with Crippen molar-refractivity contribution >= 4 is 0 Å². The van der Waals surface area contributed by atoms with Gasteiger partial charge in [-0.1, -0.05) is 39.0 Å². The van der Waals surface area contributed by atoms with Crippen molar-refractivity contribution in [3.05, 3.63) is 0 Å². The third-order valence-corrected chi connectivity index (χ3v) is 5.10. The summed E-state index contributed by atoms with van der Waals surface area (Å²) in [7, 11) is 0. The number of piperidine rings is 1. The molecule has 0 bridgehead atoms. The van der Waals surface area contributed by atoms with Gasteiger partial charge in [-0.2, -0.15) is 0 Å². The molecule has 0 amide bonds. The Balaban J connectivity index is 1.74. The molecule has 1 aliphatic carbocycles. The van der Waals surface area contributed by atoms with E-state index >= 15 is 0 Å². The Morgan fingerprint density at radius 2 is 1.88 bits per heavy atom. The van der Waals surface area contributed by atoms with Crippen molar-refractivity contribution < 1.29 is 0 Å². The monoisotopic (exact) mass is 238 g/mol. The molecule has 1 saturated heterocycles. The molecule has 1 aliphatic heterocycles. The molecule has 0 aromatic carbocycles. The molecule has 1 heterocycles. The van der Waals surface area contributed by atoms with Gasteiger partial charge in [0.25, 0.3) is 0 Å². The summed E-state index contributed by atoms with van der Waals surface area (Å²) in [6.45, 7) is 5.80. The first-order valence-corrected chi connectivity index (χ1v) is 7.77. The van der Waals surface area contributed by atoms with E-state index in [4.69, 9.17) is 5.73 Å². The van der Waals surface area contributed by atoms with Crippen molar-refractivity contribution in [2.75, 3.05) is 19.6 Å². The van der Waals surface area contributed by atoms with E-state index in [0.29, 0.717) is 6.04 Å². The fourth-order valence-corrected chi connectivity index (χ4v) is 3.74. The highest BCUT2D eigenvalue weighted by molar-refractivity contribution is 4.82. The lowest BCUT2D eigenvalue weighted by molar-refractivity contribution is 0.108. The standard InChI is InChI=1S/C15H30N2/c1-2-13-7-9-17(15(11-13)12-16)10-8-14-5-3-4-6-14/h13-15H,2-12,16H2,1H3. The molecule has 2 heteroatoms. The molecule has 2 rings (SSSR count). The van der Waals surface area contributed by atoms with Gasteiger partial charge in [0.2, 0.25) is 0 Å². The molecule has 2 unspecified atom stereocenters. The summed E-state index contributed by atoms with van der Waals surface area (Å²) in [5.74, 6) is 1.96. The van der Waals surface area contributed by atoms with Gasteiger partial charge in [0.1, 0.15) is 0 Å². The van der Waals surface area contributed by atoms with Crippen LogP contribution in [0.5, 0.6) is 0 Å². The number of nitrogens with zero attached hydrogens (tertiary/aromatic N) is 1. The highest BCUT2D eigenvalue weighted by atomic mass is 15.2. The van der Waals surface area contributed by atoms with Crippen LogP contribution >= 0.6 is 0 Å². The topological polar surface area (TPSA) is 29.3 Å². The van der Waals surface area contributed by atoms with E-state index in [0.717, 1.165) is 18.4 Å². The number of hydrogen-bond acceptors (Lipinski definition) is 2. The van der Waals surface area contributed by atoms with Gasteiger partial charge in [-0.25, -0.2) is 0 Å². The highest BCUT2D eigenvalue weighted by Gasteiger charge is 2.27. The van der Waals surface area contributed by atoms with E-state index in [-0.39, 0.29) is 0 Å². The summed E-state index contributed by atoms with van der Waals surface area (Å²) in [6.07, 6.45) is 11.4. The molecule has 100 valence electrons. The normalized spacial score (nSPS) is 32.1. The molecule has 17 heavy (non-hydrogen) atoms. The lowest BCUT2D eigenvalue weighted by Crippen LogP contribution is -2.47. The van der Waals surface area contributed by atoms with Gasteiger partial charge in [-0.05, 0) is 44.2 Å². The minimum Gasteiger partial charge on any atom is -0.329 e. The zero-order valence-corrected chi connectivity index (χ0v) is 11.5. The average molecular weight is 238 g/mol. The van der Waals surface area contributed by atoms with E-state index in [1.54, 1.807) is 0 Å². The summed E-state index contributed by atoms with van der Waals surface area (Å²) in [6, 6.07) is 0.676. The Hall–Kier alpha value is -0.0800. The molecule has 2 fully saturated rings. The molecule has 2 atom stereocenters. The second kappa shape index (κ2) is 6.75. The SMILES string of the molecule is CCC1CCN(CCC2CCCC2)C(CN)C1. The van der Waals surface area contributed by atoms with Gasteiger partial charge < -0.3 is 5.73 Å². The van der Waals surface area contributed by atoms with Crippen LogP contribution in [0.4, 0.5) is 0 Å². The maximum absolute atomic E-state index is 5.95. The van der Waals surface area contributed by atoms with Gasteiger partial charge >= 0.3 is 0 Å². The molecule has 0 spiro atoms. The van der Waals surface area contributed by atoms with Crippen LogP contribution in [0.25, 0.3) is 0 Å². The van der Waals surface area contributed by atoms with Crippen LogP contribution in [-0.2, 0) is 0 Å². The van der Waals surface area contributed by atoms with Crippen LogP contribution in [-0.4, -0.2) is 30.6 Å². The second-order valence-corrected chi connectivity index (χ2v) is 6.16. The molecule has 0 aromatic heterocycles. The summed E-state index contributed by atoms with van der Waals surface area (Å²) >= 11 is 0. The molecule has 2 aliphatic rings. The number of nitrogens with two attached hydrogens (primary N) is 1. The molecule has 0 radical (unpaired) electrons. The van der Waals surface area contributed by atoms with E-state index < -0.39 is 0 Å². The van der Waals surface area contributed by atoms with Crippen molar-refractivity contribution in [2.45, 2.75) is 64.3 Å². The average Bonchev–Trinajstić information content (AvgIpc) is 2.89. The summed E-state index contributed by atoms with van der Waals surface area (Å²) < 4.78 is 0. The number of hydrogen-bond donors (Lipinski definition) is 1. The summed E-state index contributed by atoms with van der Waals surface area (Å²) in [4.78, 5) is 2.68. The fourth-order valence-electron chi connectivity index (χ4n) is 3.74. The predicted octanol–water partition coefficient (Wildman–Crippen LogP) is 3.02. The van der Waals surface area contributed by atoms with Crippen LogP contribution in [0, 0.1) is 11.8 Å². The van der Waals surface area contributed by atoms with E-state index in [9.17, 15) is 0 Å². The molecular weight excluding hydrogens is 208 g/mol. The van der Waals surface area contributed by atoms with Gasteiger partial charge in [0.15, 0.2) is 0 Å². The molecule has 2 nitrogen and oxygen atoms in total. The number of rotatable bonds is 5. The van der Waals surface area contributed by atoms with Crippen molar-refractivity contribution in [3.63, 3.8) is 0 Å². The quantitative estimate of drug-likeness (QED) is 0.798. The zero-order valence-electron chi connectivity index (χ0n) is 11.5. The van der Waals surface area contributed by atoms with Gasteiger partial charge in [-0.15, -0.1) is 0 Å². The lowest BCUT2D eigenvalue weighted by atomic mass is 9.88. The van der Waals surface area contributed by atoms with E-state index in [1.807, 2.05) is 0 Å². The maximum Gasteiger partial charge on any atom is 0.0221 e. The van der Waals surface area contributed by atoms with Crippen molar-refractivity contribution in [1.29, 1.82) is 0 Å².